The standard InChI is InChI=1S/C19H28N4O2/c1-15-21-18(22-25-15)19(10-6-7-11-19)20-12-17(24)14-23(2)13-16-8-4-3-5-9-16/h3-5,8-9,17,20,24H,6-7,10-14H2,1-2H3. The van der Waals surface area contributed by atoms with Crippen LogP contribution in [0.25, 0.3) is 0 Å². The molecule has 1 aliphatic carbocycles. The van der Waals surface area contributed by atoms with Gasteiger partial charge < -0.3 is 14.9 Å². The van der Waals surface area contributed by atoms with Crippen molar-refractivity contribution in [2.75, 3.05) is 20.1 Å². The molecule has 1 atom stereocenters. The molecule has 3 rings (SSSR count). The number of benzene rings is 1. The summed E-state index contributed by atoms with van der Waals surface area (Å²) in [5, 5.41) is 18.1. The van der Waals surface area contributed by atoms with Crippen molar-refractivity contribution in [1.29, 1.82) is 0 Å². The average molecular weight is 344 g/mol. The van der Waals surface area contributed by atoms with Crippen LogP contribution in [0.15, 0.2) is 34.9 Å². The number of aliphatic hydroxyl groups is 1. The summed E-state index contributed by atoms with van der Waals surface area (Å²) >= 11 is 0. The number of rotatable bonds is 8. The zero-order valence-electron chi connectivity index (χ0n) is 15.1. The van der Waals surface area contributed by atoms with Crippen molar-refractivity contribution >= 4 is 0 Å². The Morgan fingerprint density at radius 1 is 1.28 bits per heavy atom. The van der Waals surface area contributed by atoms with Crippen LogP contribution in [0.2, 0.25) is 0 Å². The molecule has 0 bridgehead atoms. The van der Waals surface area contributed by atoms with Gasteiger partial charge in [-0.15, -0.1) is 0 Å². The van der Waals surface area contributed by atoms with Crippen LogP contribution in [0.3, 0.4) is 0 Å². The molecule has 6 nitrogen and oxygen atoms in total. The lowest BCUT2D eigenvalue weighted by atomic mass is 9.96. The lowest BCUT2D eigenvalue weighted by molar-refractivity contribution is 0.108. The van der Waals surface area contributed by atoms with Crippen LogP contribution in [-0.2, 0) is 12.1 Å². The van der Waals surface area contributed by atoms with Gasteiger partial charge in [-0.05, 0) is 25.5 Å². The molecule has 0 spiro atoms. The van der Waals surface area contributed by atoms with Gasteiger partial charge in [0.05, 0.1) is 11.6 Å². The predicted octanol–water partition coefficient (Wildman–Crippen LogP) is 2.23. The Bertz CT molecular complexity index is 652. The molecular weight excluding hydrogens is 316 g/mol. The number of nitrogens with one attached hydrogen (secondary N) is 1. The largest absolute Gasteiger partial charge is 0.390 e. The van der Waals surface area contributed by atoms with E-state index in [1.165, 1.54) is 5.56 Å². The number of aryl methyl sites for hydroxylation is 1. The van der Waals surface area contributed by atoms with Crippen LogP contribution in [-0.4, -0.2) is 46.4 Å². The SMILES string of the molecule is Cc1nc(C2(NCC(O)CN(C)Cc3ccccc3)CCCC2)no1. The molecule has 0 amide bonds. The minimum absolute atomic E-state index is 0.253. The van der Waals surface area contributed by atoms with E-state index in [0.29, 0.717) is 19.0 Å². The Balaban J connectivity index is 1.52. The first-order valence-electron chi connectivity index (χ1n) is 9.04. The molecule has 6 heteroatoms. The molecule has 1 saturated carbocycles. The van der Waals surface area contributed by atoms with Crippen molar-refractivity contribution in [3.05, 3.63) is 47.6 Å². The van der Waals surface area contributed by atoms with Crippen LogP contribution in [0, 0.1) is 6.92 Å². The van der Waals surface area contributed by atoms with Gasteiger partial charge in [0.25, 0.3) is 0 Å². The van der Waals surface area contributed by atoms with Crippen molar-refractivity contribution in [2.24, 2.45) is 0 Å². The summed E-state index contributed by atoms with van der Waals surface area (Å²) in [6, 6.07) is 10.3. The second-order valence-electron chi connectivity index (χ2n) is 7.14. The van der Waals surface area contributed by atoms with E-state index in [-0.39, 0.29) is 5.54 Å². The van der Waals surface area contributed by atoms with Crippen LogP contribution in [0.4, 0.5) is 0 Å². The van der Waals surface area contributed by atoms with E-state index in [9.17, 15) is 5.11 Å². The van der Waals surface area contributed by atoms with Crippen LogP contribution in [0.5, 0.6) is 0 Å². The summed E-state index contributed by atoms with van der Waals surface area (Å²) in [6.07, 6.45) is 3.81. The third-order valence-corrected chi connectivity index (χ3v) is 4.91. The van der Waals surface area contributed by atoms with E-state index in [2.05, 4.69) is 32.5 Å². The molecule has 136 valence electrons. The average Bonchev–Trinajstić information content (AvgIpc) is 3.23. The van der Waals surface area contributed by atoms with Gasteiger partial charge in [0.1, 0.15) is 0 Å². The zero-order valence-corrected chi connectivity index (χ0v) is 15.1. The third-order valence-electron chi connectivity index (χ3n) is 4.91. The Morgan fingerprint density at radius 2 is 2.00 bits per heavy atom. The molecule has 2 aromatic rings. The first kappa shape index (κ1) is 18.0. The summed E-state index contributed by atoms with van der Waals surface area (Å²) < 4.78 is 5.17. The maximum Gasteiger partial charge on any atom is 0.223 e. The molecule has 1 aliphatic rings. The fraction of sp³-hybridized carbons (Fsp3) is 0.579. The second kappa shape index (κ2) is 8.08. The zero-order chi connectivity index (χ0) is 17.7. The third kappa shape index (κ3) is 4.66. The van der Waals surface area contributed by atoms with Crippen molar-refractivity contribution in [3.8, 4) is 0 Å². The van der Waals surface area contributed by atoms with Crippen LogP contribution < -0.4 is 5.32 Å². The Hall–Kier alpha value is -1.76. The molecule has 25 heavy (non-hydrogen) atoms. The first-order chi connectivity index (χ1) is 12.1. The molecule has 1 unspecified atom stereocenters. The van der Waals surface area contributed by atoms with Gasteiger partial charge >= 0.3 is 0 Å². The van der Waals surface area contributed by atoms with Gasteiger partial charge in [-0.1, -0.05) is 48.3 Å². The lowest BCUT2D eigenvalue weighted by Gasteiger charge is -2.29. The Kier molecular flexibility index (Phi) is 5.83. The highest BCUT2D eigenvalue weighted by atomic mass is 16.5. The summed E-state index contributed by atoms with van der Waals surface area (Å²) in [5.41, 5.74) is 0.996. The smallest absolute Gasteiger partial charge is 0.223 e. The molecule has 0 radical (unpaired) electrons. The van der Waals surface area contributed by atoms with Gasteiger partial charge in [-0.2, -0.15) is 4.98 Å². The fourth-order valence-electron chi connectivity index (χ4n) is 3.65. The Labute approximate surface area is 149 Å². The number of hydrogen-bond donors (Lipinski definition) is 2. The first-order valence-corrected chi connectivity index (χ1v) is 9.04. The summed E-state index contributed by atoms with van der Waals surface area (Å²) in [4.78, 5) is 6.57. The minimum atomic E-state index is -0.445. The van der Waals surface area contributed by atoms with Crippen LogP contribution >= 0.6 is 0 Å². The summed E-state index contributed by atoms with van der Waals surface area (Å²) in [5.74, 6) is 1.32. The predicted molar refractivity (Wildman–Crippen MR) is 96.0 cm³/mol. The highest BCUT2D eigenvalue weighted by molar-refractivity contribution is 5.14. The molecule has 1 aromatic carbocycles. The highest BCUT2D eigenvalue weighted by Gasteiger charge is 2.39. The van der Waals surface area contributed by atoms with Gasteiger partial charge in [-0.25, -0.2) is 0 Å². The molecular formula is C19H28N4O2. The van der Waals surface area contributed by atoms with Crippen molar-refractivity contribution in [3.63, 3.8) is 0 Å². The van der Waals surface area contributed by atoms with E-state index in [4.69, 9.17) is 4.52 Å². The van der Waals surface area contributed by atoms with E-state index >= 15 is 0 Å². The van der Waals surface area contributed by atoms with Crippen LogP contribution in [0.1, 0.15) is 43.0 Å². The quantitative estimate of drug-likeness (QED) is 0.765. The van der Waals surface area contributed by atoms with Gasteiger partial charge in [0, 0.05) is 26.6 Å². The monoisotopic (exact) mass is 344 g/mol. The number of likely N-dealkylation sites (N-methyl/N-ethyl adjacent to an activating group) is 1. The number of aromatic nitrogens is 2. The molecule has 1 aromatic heterocycles. The number of aliphatic hydroxyl groups excluding tert-OH is 1. The van der Waals surface area contributed by atoms with Crippen molar-refractivity contribution in [2.45, 2.75) is 50.8 Å². The fourth-order valence-corrected chi connectivity index (χ4v) is 3.65. The Morgan fingerprint density at radius 3 is 2.64 bits per heavy atom. The molecule has 1 heterocycles. The topological polar surface area (TPSA) is 74.4 Å². The van der Waals surface area contributed by atoms with Gasteiger partial charge in [0.2, 0.25) is 5.89 Å². The van der Waals surface area contributed by atoms with E-state index < -0.39 is 6.10 Å². The van der Waals surface area contributed by atoms with E-state index in [0.717, 1.165) is 38.1 Å². The molecule has 0 aliphatic heterocycles. The van der Waals surface area contributed by atoms with Gasteiger partial charge in [-0.3, -0.25) is 4.90 Å². The maximum absolute atomic E-state index is 10.5. The normalized spacial score (nSPS) is 17.9. The van der Waals surface area contributed by atoms with Crippen molar-refractivity contribution in [1.82, 2.24) is 20.4 Å². The molecule has 0 saturated heterocycles. The van der Waals surface area contributed by atoms with Crippen molar-refractivity contribution < 1.29 is 9.63 Å². The second-order valence-corrected chi connectivity index (χ2v) is 7.14. The maximum atomic E-state index is 10.5. The van der Waals surface area contributed by atoms with Gasteiger partial charge in [0.15, 0.2) is 5.82 Å². The highest BCUT2D eigenvalue weighted by Crippen LogP contribution is 2.37. The summed E-state index contributed by atoms with van der Waals surface area (Å²) in [7, 11) is 2.03. The lowest BCUT2D eigenvalue weighted by Crippen LogP contribution is -2.46. The van der Waals surface area contributed by atoms with E-state index in [1.807, 2.05) is 32.2 Å². The molecule has 1 fully saturated rings. The number of nitrogens with zero attached hydrogens (tertiary/aromatic N) is 3. The molecule has 2 N–H and O–H groups in total. The van der Waals surface area contributed by atoms with E-state index in [1.54, 1.807) is 0 Å². The number of hydrogen-bond acceptors (Lipinski definition) is 6. The minimum Gasteiger partial charge on any atom is -0.390 e. The summed E-state index contributed by atoms with van der Waals surface area (Å²) in [6.45, 7) is 3.77.